The van der Waals surface area contributed by atoms with E-state index in [0.29, 0.717) is 22.2 Å². The van der Waals surface area contributed by atoms with Crippen molar-refractivity contribution in [3.63, 3.8) is 0 Å². The number of nitrogens with one attached hydrogen (secondary N) is 1. The molecule has 0 saturated carbocycles. The van der Waals surface area contributed by atoms with Crippen molar-refractivity contribution in [1.29, 1.82) is 0 Å². The number of halogens is 2. The molecule has 2 heterocycles. The van der Waals surface area contributed by atoms with Crippen molar-refractivity contribution in [1.82, 2.24) is 20.1 Å². The lowest BCUT2D eigenvalue weighted by Crippen LogP contribution is -2.25. The second-order valence-electron chi connectivity index (χ2n) is 9.12. The van der Waals surface area contributed by atoms with Crippen LogP contribution in [-0.2, 0) is 11.3 Å². The van der Waals surface area contributed by atoms with Crippen molar-refractivity contribution in [3.05, 3.63) is 118 Å². The van der Waals surface area contributed by atoms with Gasteiger partial charge in [-0.25, -0.2) is 0 Å². The van der Waals surface area contributed by atoms with Gasteiger partial charge in [-0.05, 0) is 59.7 Å². The molecular formula is C31H24Cl2N4O3. The lowest BCUT2D eigenvalue weighted by Gasteiger charge is -2.10. The summed E-state index contributed by atoms with van der Waals surface area (Å²) in [4.78, 5) is 27.5. The predicted octanol–water partition coefficient (Wildman–Crippen LogP) is 6.84. The van der Waals surface area contributed by atoms with E-state index >= 15 is 0 Å². The number of pyridine rings is 1. The van der Waals surface area contributed by atoms with Crippen molar-refractivity contribution in [2.45, 2.75) is 13.0 Å². The van der Waals surface area contributed by atoms with E-state index in [4.69, 9.17) is 33.4 Å². The molecule has 0 saturated heterocycles. The summed E-state index contributed by atoms with van der Waals surface area (Å²) in [6, 6.07) is 28.4. The minimum absolute atomic E-state index is 0.0714. The Morgan fingerprint density at radius 3 is 2.15 bits per heavy atom. The number of aromatic nitrogens is 3. The number of hydrogen-bond donors (Lipinski definition) is 2. The fraction of sp³-hybridized carbons (Fsp3) is 0.0968. The molecule has 200 valence electrons. The van der Waals surface area contributed by atoms with Gasteiger partial charge in [-0.3, -0.25) is 19.3 Å². The Kier molecular flexibility index (Phi) is 8.24. The van der Waals surface area contributed by atoms with E-state index in [0.717, 1.165) is 39.3 Å². The SMILES string of the molecule is O=C(O)CCNC(=O)c1ccc(Cn2nc(-c3cc(Cl)cc(Cl)c3)cc2-c2ccc(-c3ccccn3)cc2)cc1. The normalized spacial score (nSPS) is 10.8. The molecule has 0 fully saturated rings. The van der Waals surface area contributed by atoms with E-state index in [1.54, 1.807) is 24.4 Å². The Bertz CT molecular complexity index is 1630. The number of rotatable bonds is 9. The second kappa shape index (κ2) is 12.2. The highest BCUT2D eigenvalue weighted by Crippen LogP contribution is 2.31. The van der Waals surface area contributed by atoms with Gasteiger partial charge in [-0.2, -0.15) is 5.10 Å². The first kappa shape index (κ1) is 27.1. The van der Waals surface area contributed by atoms with E-state index in [9.17, 15) is 9.59 Å². The fourth-order valence-corrected chi connectivity index (χ4v) is 4.80. The van der Waals surface area contributed by atoms with Crippen LogP contribution in [-0.4, -0.2) is 38.3 Å². The van der Waals surface area contributed by atoms with Crippen LogP contribution >= 0.6 is 23.2 Å². The molecule has 2 aromatic heterocycles. The number of carbonyl (C=O) groups excluding carboxylic acids is 1. The lowest BCUT2D eigenvalue weighted by atomic mass is 10.0. The number of carboxylic acid groups (broad SMARTS) is 1. The lowest BCUT2D eigenvalue weighted by molar-refractivity contribution is -0.136. The van der Waals surface area contributed by atoms with E-state index in [-0.39, 0.29) is 18.9 Å². The molecule has 0 aliphatic carbocycles. The summed E-state index contributed by atoms with van der Waals surface area (Å²) < 4.78 is 1.90. The monoisotopic (exact) mass is 570 g/mol. The Balaban J connectivity index is 1.44. The van der Waals surface area contributed by atoms with Crippen LogP contribution < -0.4 is 5.32 Å². The van der Waals surface area contributed by atoms with E-state index in [1.165, 1.54) is 0 Å². The molecule has 0 aliphatic rings. The van der Waals surface area contributed by atoms with Gasteiger partial charge in [0.05, 0.1) is 30.0 Å². The average molecular weight is 571 g/mol. The molecule has 0 unspecified atom stereocenters. The van der Waals surface area contributed by atoms with Gasteiger partial charge in [0, 0.05) is 39.5 Å². The van der Waals surface area contributed by atoms with Gasteiger partial charge >= 0.3 is 5.97 Å². The molecule has 40 heavy (non-hydrogen) atoms. The largest absolute Gasteiger partial charge is 0.481 e. The molecule has 0 atom stereocenters. The molecule has 0 bridgehead atoms. The van der Waals surface area contributed by atoms with Gasteiger partial charge in [0.25, 0.3) is 5.91 Å². The predicted molar refractivity (Wildman–Crippen MR) is 156 cm³/mol. The summed E-state index contributed by atoms with van der Waals surface area (Å²) in [7, 11) is 0. The molecule has 1 amide bonds. The molecule has 5 rings (SSSR count). The number of benzene rings is 3. The van der Waals surface area contributed by atoms with E-state index in [2.05, 4.69) is 10.3 Å². The summed E-state index contributed by atoms with van der Waals surface area (Å²) in [6.45, 7) is 0.522. The number of hydrogen-bond acceptors (Lipinski definition) is 4. The molecule has 9 heteroatoms. The number of nitrogens with zero attached hydrogens (tertiary/aromatic N) is 3. The zero-order valence-electron chi connectivity index (χ0n) is 21.2. The highest BCUT2D eigenvalue weighted by molar-refractivity contribution is 6.35. The Hall–Kier alpha value is -4.46. The van der Waals surface area contributed by atoms with Crippen LogP contribution in [0.25, 0.3) is 33.8 Å². The van der Waals surface area contributed by atoms with Crippen LogP contribution in [0.3, 0.4) is 0 Å². The first-order chi connectivity index (χ1) is 19.4. The van der Waals surface area contributed by atoms with E-state index in [1.807, 2.05) is 77.5 Å². The van der Waals surface area contributed by atoms with Crippen molar-refractivity contribution < 1.29 is 14.7 Å². The third kappa shape index (κ3) is 6.57. The Labute approximate surface area is 241 Å². The quantitative estimate of drug-likeness (QED) is 0.202. The fourth-order valence-electron chi connectivity index (χ4n) is 4.28. The maximum atomic E-state index is 12.3. The first-order valence-electron chi connectivity index (χ1n) is 12.5. The number of aliphatic carboxylic acids is 1. The Morgan fingerprint density at radius 2 is 1.50 bits per heavy atom. The third-order valence-electron chi connectivity index (χ3n) is 6.25. The van der Waals surface area contributed by atoms with Gasteiger partial charge in [-0.1, -0.05) is 65.7 Å². The topological polar surface area (TPSA) is 97.1 Å². The smallest absolute Gasteiger partial charge is 0.305 e. The maximum absolute atomic E-state index is 12.3. The highest BCUT2D eigenvalue weighted by atomic mass is 35.5. The van der Waals surface area contributed by atoms with Gasteiger partial charge in [-0.15, -0.1) is 0 Å². The number of carbonyl (C=O) groups is 2. The van der Waals surface area contributed by atoms with Crippen molar-refractivity contribution in [2.75, 3.05) is 6.54 Å². The summed E-state index contributed by atoms with van der Waals surface area (Å²) in [5.41, 5.74) is 6.69. The van der Waals surface area contributed by atoms with Gasteiger partial charge in [0.1, 0.15) is 0 Å². The molecule has 0 spiro atoms. The number of amides is 1. The third-order valence-corrected chi connectivity index (χ3v) is 6.69. The maximum Gasteiger partial charge on any atom is 0.305 e. The van der Waals surface area contributed by atoms with Crippen LogP contribution in [0.5, 0.6) is 0 Å². The minimum atomic E-state index is -0.962. The summed E-state index contributed by atoms with van der Waals surface area (Å²) in [5, 5.41) is 17.3. The van der Waals surface area contributed by atoms with Crippen LogP contribution in [0.1, 0.15) is 22.3 Å². The zero-order valence-corrected chi connectivity index (χ0v) is 22.7. The van der Waals surface area contributed by atoms with Crippen molar-refractivity contribution in [3.8, 4) is 33.8 Å². The minimum Gasteiger partial charge on any atom is -0.481 e. The van der Waals surface area contributed by atoms with Gasteiger partial charge in [0.15, 0.2) is 0 Å². The summed E-state index contributed by atoms with van der Waals surface area (Å²) >= 11 is 12.5. The Morgan fingerprint density at radius 1 is 0.800 bits per heavy atom. The van der Waals surface area contributed by atoms with Crippen LogP contribution in [0.15, 0.2) is 97.2 Å². The molecule has 7 nitrogen and oxygen atoms in total. The van der Waals surface area contributed by atoms with Crippen LogP contribution in [0, 0.1) is 0 Å². The van der Waals surface area contributed by atoms with Crippen molar-refractivity contribution in [2.24, 2.45) is 0 Å². The average Bonchev–Trinajstić information content (AvgIpc) is 3.37. The van der Waals surface area contributed by atoms with Crippen LogP contribution in [0.4, 0.5) is 0 Å². The van der Waals surface area contributed by atoms with Crippen LogP contribution in [0.2, 0.25) is 10.0 Å². The number of carboxylic acids is 1. The second-order valence-corrected chi connectivity index (χ2v) is 9.99. The summed E-state index contributed by atoms with van der Waals surface area (Å²) in [6.07, 6.45) is 1.64. The summed E-state index contributed by atoms with van der Waals surface area (Å²) in [5.74, 6) is -1.28. The van der Waals surface area contributed by atoms with Gasteiger partial charge in [0.2, 0.25) is 0 Å². The van der Waals surface area contributed by atoms with Gasteiger partial charge < -0.3 is 10.4 Å². The standard InChI is InChI=1S/C31H24Cl2N4O3/c32-25-15-24(16-26(33)17-25)28-18-29(22-10-8-21(9-11-22)27-3-1-2-13-34-27)37(36-28)19-20-4-6-23(7-5-20)31(40)35-14-12-30(38)39/h1-11,13,15-18H,12,14,19H2,(H,35,40)(H,38,39). The van der Waals surface area contributed by atoms with Crippen molar-refractivity contribution >= 4 is 35.1 Å². The first-order valence-corrected chi connectivity index (χ1v) is 13.3. The molecule has 3 aromatic carbocycles. The molecule has 2 N–H and O–H groups in total. The molecule has 5 aromatic rings. The molecule has 0 radical (unpaired) electrons. The van der Waals surface area contributed by atoms with E-state index < -0.39 is 5.97 Å². The molecular weight excluding hydrogens is 547 g/mol. The zero-order chi connectivity index (χ0) is 28.1. The molecule has 0 aliphatic heterocycles. The highest BCUT2D eigenvalue weighted by Gasteiger charge is 2.14.